The third-order valence-electron chi connectivity index (χ3n) is 3.25. The summed E-state index contributed by atoms with van der Waals surface area (Å²) in [6, 6.07) is 5.29. The molecule has 3 heteroatoms. The quantitative estimate of drug-likeness (QED) is 0.800. The first-order chi connectivity index (χ1) is 7.24. The molecule has 82 valence electrons. The predicted molar refractivity (Wildman–Crippen MR) is 60.5 cm³/mol. The molecule has 0 fully saturated rings. The molecule has 0 aliphatic carbocycles. The van der Waals surface area contributed by atoms with Gasteiger partial charge in [0.2, 0.25) is 0 Å². The number of halogens is 1. The van der Waals surface area contributed by atoms with Crippen molar-refractivity contribution in [3.8, 4) is 0 Å². The normalized spacial score (nSPS) is 20.9. The Balaban J connectivity index is 2.25. The molecule has 2 rings (SSSR count). The number of nitrogens with two attached hydrogens (primary N) is 1. The van der Waals surface area contributed by atoms with Crippen LogP contribution in [0.3, 0.4) is 0 Å². The van der Waals surface area contributed by atoms with Crippen LogP contribution >= 0.6 is 0 Å². The predicted octanol–water partition coefficient (Wildman–Crippen LogP) is 2.32. The average molecular weight is 208 g/mol. The van der Waals surface area contributed by atoms with Gasteiger partial charge in [-0.15, -0.1) is 0 Å². The topological polar surface area (TPSA) is 38.0 Å². The van der Waals surface area contributed by atoms with Gasteiger partial charge in [0.25, 0.3) is 0 Å². The molecule has 0 aromatic heterocycles. The zero-order valence-corrected chi connectivity index (χ0v) is 8.96. The Morgan fingerprint density at radius 2 is 2.40 bits per heavy atom. The van der Waals surface area contributed by atoms with E-state index in [1.165, 1.54) is 6.07 Å². The molecule has 2 unspecified atom stereocenters. The fourth-order valence-electron chi connectivity index (χ4n) is 2.33. The number of para-hydroxylation sites is 1. The van der Waals surface area contributed by atoms with Crippen molar-refractivity contribution in [1.82, 2.24) is 0 Å². The van der Waals surface area contributed by atoms with Crippen LogP contribution in [0.4, 0.5) is 10.1 Å². The number of fused-ring (bicyclic) bond motifs is 1. The summed E-state index contributed by atoms with van der Waals surface area (Å²) >= 11 is 0. The highest BCUT2D eigenvalue weighted by Crippen LogP contribution is 2.38. The van der Waals surface area contributed by atoms with Crippen LogP contribution in [-0.2, 0) is 0 Å². The molecule has 1 heterocycles. The zero-order chi connectivity index (χ0) is 10.8. The Hall–Kier alpha value is -1.09. The molecule has 0 amide bonds. The van der Waals surface area contributed by atoms with Crippen molar-refractivity contribution in [2.75, 3.05) is 18.4 Å². The van der Waals surface area contributed by atoms with E-state index in [9.17, 15) is 4.39 Å². The summed E-state index contributed by atoms with van der Waals surface area (Å²) in [7, 11) is 0. The number of benzene rings is 1. The minimum Gasteiger partial charge on any atom is -0.382 e. The lowest BCUT2D eigenvalue weighted by Gasteiger charge is -2.18. The first-order valence-electron chi connectivity index (χ1n) is 5.46. The lowest BCUT2D eigenvalue weighted by atomic mass is 9.87. The molecule has 0 spiro atoms. The molecule has 3 N–H and O–H groups in total. The number of anilines is 1. The fourth-order valence-corrected chi connectivity index (χ4v) is 2.33. The minimum absolute atomic E-state index is 0.144. The van der Waals surface area contributed by atoms with Crippen LogP contribution in [0.15, 0.2) is 18.2 Å². The minimum atomic E-state index is -0.144. The first-order valence-corrected chi connectivity index (χ1v) is 5.46. The van der Waals surface area contributed by atoms with Gasteiger partial charge in [0.1, 0.15) is 5.82 Å². The van der Waals surface area contributed by atoms with E-state index >= 15 is 0 Å². The van der Waals surface area contributed by atoms with E-state index in [4.69, 9.17) is 5.73 Å². The van der Waals surface area contributed by atoms with Gasteiger partial charge < -0.3 is 11.1 Å². The van der Waals surface area contributed by atoms with Crippen LogP contribution < -0.4 is 11.1 Å². The van der Waals surface area contributed by atoms with Crippen LogP contribution in [0, 0.1) is 11.7 Å². The van der Waals surface area contributed by atoms with E-state index in [2.05, 4.69) is 12.2 Å². The van der Waals surface area contributed by atoms with Crippen LogP contribution in [0.5, 0.6) is 0 Å². The van der Waals surface area contributed by atoms with Gasteiger partial charge in [0, 0.05) is 12.5 Å². The Bertz CT molecular complexity index is 351. The average Bonchev–Trinajstić information content (AvgIpc) is 2.63. The third-order valence-corrected chi connectivity index (χ3v) is 3.25. The molecule has 1 aromatic rings. The van der Waals surface area contributed by atoms with Gasteiger partial charge in [-0.05, 0) is 30.5 Å². The molecule has 2 nitrogen and oxygen atoms in total. The number of rotatable bonds is 3. The van der Waals surface area contributed by atoms with Gasteiger partial charge in [-0.2, -0.15) is 0 Å². The van der Waals surface area contributed by atoms with Gasteiger partial charge >= 0.3 is 0 Å². The number of hydrogen-bond donors (Lipinski definition) is 2. The van der Waals surface area contributed by atoms with Gasteiger partial charge in [-0.1, -0.05) is 19.1 Å². The van der Waals surface area contributed by atoms with Crippen molar-refractivity contribution in [2.24, 2.45) is 11.7 Å². The lowest BCUT2D eigenvalue weighted by Crippen LogP contribution is -2.15. The summed E-state index contributed by atoms with van der Waals surface area (Å²) in [5.41, 5.74) is 7.35. The van der Waals surface area contributed by atoms with E-state index in [1.807, 2.05) is 6.07 Å². The maximum Gasteiger partial charge on any atom is 0.146 e. The molecule has 0 radical (unpaired) electrons. The van der Waals surface area contributed by atoms with E-state index in [0.29, 0.717) is 24.1 Å². The van der Waals surface area contributed by atoms with Gasteiger partial charge in [-0.3, -0.25) is 0 Å². The van der Waals surface area contributed by atoms with Crippen molar-refractivity contribution < 1.29 is 4.39 Å². The second kappa shape index (κ2) is 4.19. The summed E-state index contributed by atoms with van der Waals surface area (Å²) in [4.78, 5) is 0. The van der Waals surface area contributed by atoms with E-state index in [1.54, 1.807) is 6.07 Å². The van der Waals surface area contributed by atoms with Crippen molar-refractivity contribution in [2.45, 2.75) is 19.3 Å². The summed E-state index contributed by atoms with van der Waals surface area (Å²) < 4.78 is 13.4. The van der Waals surface area contributed by atoms with Crippen molar-refractivity contribution >= 4 is 5.69 Å². The first kappa shape index (κ1) is 10.4. The Kier molecular flexibility index (Phi) is 2.91. The smallest absolute Gasteiger partial charge is 0.146 e. The van der Waals surface area contributed by atoms with Crippen LogP contribution in [0.2, 0.25) is 0 Å². The molecule has 15 heavy (non-hydrogen) atoms. The van der Waals surface area contributed by atoms with Crippen molar-refractivity contribution in [3.63, 3.8) is 0 Å². The molecule has 0 saturated carbocycles. The van der Waals surface area contributed by atoms with Gasteiger partial charge in [0.15, 0.2) is 0 Å². The van der Waals surface area contributed by atoms with Crippen LogP contribution in [-0.4, -0.2) is 13.1 Å². The molecule has 0 saturated heterocycles. The molecule has 1 aliphatic rings. The summed E-state index contributed by atoms with van der Waals surface area (Å²) in [6.07, 6.45) is 0.988. The Morgan fingerprint density at radius 1 is 1.60 bits per heavy atom. The number of nitrogens with one attached hydrogen (secondary N) is 1. The van der Waals surface area contributed by atoms with Crippen molar-refractivity contribution in [1.29, 1.82) is 0 Å². The zero-order valence-electron chi connectivity index (χ0n) is 8.96. The van der Waals surface area contributed by atoms with Crippen LogP contribution in [0.25, 0.3) is 0 Å². The van der Waals surface area contributed by atoms with E-state index in [-0.39, 0.29) is 5.82 Å². The molecule has 1 aromatic carbocycles. The highest BCUT2D eigenvalue weighted by atomic mass is 19.1. The molecular weight excluding hydrogens is 191 g/mol. The summed E-state index contributed by atoms with van der Waals surface area (Å²) in [5, 5.41) is 3.14. The third kappa shape index (κ3) is 1.84. The standard InChI is InChI=1S/C12H17FN2/c1-8(5-6-14)10-7-15-12-9(10)3-2-4-11(12)13/h2-4,8,10,15H,5-7,14H2,1H3. The van der Waals surface area contributed by atoms with E-state index in [0.717, 1.165) is 18.5 Å². The second-order valence-corrected chi connectivity index (χ2v) is 4.25. The molecule has 1 aliphatic heterocycles. The maximum absolute atomic E-state index is 13.4. The Labute approximate surface area is 89.7 Å². The van der Waals surface area contributed by atoms with Gasteiger partial charge in [-0.25, -0.2) is 4.39 Å². The lowest BCUT2D eigenvalue weighted by molar-refractivity contribution is 0.458. The summed E-state index contributed by atoms with van der Waals surface area (Å²) in [6.45, 7) is 3.71. The van der Waals surface area contributed by atoms with Gasteiger partial charge in [0.05, 0.1) is 5.69 Å². The second-order valence-electron chi connectivity index (χ2n) is 4.25. The molecule has 2 atom stereocenters. The Morgan fingerprint density at radius 3 is 3.13 bits per heavy atom. The van der Waals surface area contributed by atoms with Crippen LogP contribution in [0.1, 0.15) is 24.8 Å². The van der Waals surface area contributed by atoms with Crippen molar-refractivity contribution in [3.05, 3.63) is 29.6 Å². The maximum atomic E-state index is 13.4. The highest BCUT2D eigenvalue weighted by Gasteiger charge is 2.28. The van der Waals surface area contributed by atoms with E-state index < -0.39 is 0 Å². The molecule has 0 bridgehead atoms. The monoisotopic (exact) mass is 208 g/mol. The number of hydrogen-bond acceptors (Lipinski definition) is 2. The highest BCUT2D eigenvalue weighted by molar-refractivity contribution is 5.58. The SMILES string of the molecule is CC(CCN)C1CNc2c(F)cccc21. The summed E-state index contributed by atoms with van der Waals surface area (Å²) in [5.74, 6) is 0.764. The fraction of sp³-hybridized carbons (Fsp3) is 0.500. The largest absolute Gasteiger partial charge is 0.382 e. The molecular formula is C12H17FN2.